The van der Waals surface area contributed by atoms with E-state index in [2.05, 4.69) is 23.7 Å². The van der Waals surface area contributed by atoms with Gasteiger partial charge in [-0.1, -0.05) is 20.8 Å². The van der Waals surface area contributed by atoms with Crippen LogP contribution < -0.4 is 5.73 Å². The van der Waals surface area contributed by atoms with E-state index >= 15 is 0 Å². The van der Waals surface area contributed by atoms with Gasteiger partial charge < -0.3 is 10.6 Å². The van der Waals surface area contributed by atoms with Crippen LogP contribution in [0.4, 0.5) is 5.69 Å². The highest BCUT2D eigenvalue weighted by Crippen LogP contribution is 2.20. The van der Waals surface area contributed by atoms with Crippen molar-refractivity contribution in [2.45, 2.75) is 32.1 Å². The third-order valence-electron chi connectivity index (χ3n) is 3.56. The van der Waals surface area contributed by atoms with Gasteiger partial charge in [-0.25, -0.2) is 8.42 Å². The van der Waals surface area contributed by atoms with Crippen molar-refractivity contribution in [2.24, 2.45) is 0 Å². The molecule has 0 aliphatic rings. The molecule has 0 aromatic carbocycles. The van der Waals surface area contributed by atoms with Crippen LogP contribution in [-0.2, 0) is 10.0 Å². The molecule has 120 valence electrons. The van der Waals surface area contributed by atoms with Crippen molar-refractivity contribution < 1.29 is 8.42 Å². The molecule has 21 heavy (non-hydrogen) atoms. The molecule has 1 aromatic heterocycles. The van der Waals surface area contributed by atoms with Crippen LogP contribution in [-0.4, -0.2) is 55.3 Å². The summed E-state index contributed by atoms with van der Waals surface area (Å²) in [4.78, 5) is 6.24. The highest BCUT2D eigenvalue weighted by Gasteiger charge is 2.25. The van der Waals surface area contributed by atoms with Crippen molar-refractivity contribution in [2.75, 3.05) is 38.5 Å². The predicted molar refractivity (Wildman–Crippen MR) is 85.5 cm³/mol. The second-order valence-corrected chi connectivity index (χ2v) is 6.70. The molecule has 0 bridgehead atoms. The minimum Gasteiger partial charge on any atom is -0.398 e. The first-order valence-electron chi connectivity index (χ1n) is 7.39. The van der Waals surface area contributed by atoms with E-state index in [4.69, 9.17) is 5.73 Å². The van der Waals surface area contributed by atoms with Gasteiger partial charge in [0.05, 0.1) is 5.69 Å². The molecule has 1 aromatic rings. The van der Waals surface area contributed by atoms with Gasteiger partial charge in [0.1, 0.15) is 4.90 Å². The number of hydrogen-bond donors (Lipinski definition) is 1. The smallest absolute Gasteiger partial charge is 0.246 e. The zero-order valence-corrected chi connectivity index (χ0v) is 13.9. The maximum atomic E-state index is 12.6. The highest BCUT2D eigenvalue weighted by atomic mass is 32.2. The first-order valence-corrected chi connectivity index (χ1v) is 8.83. The largest absolute Gasteiger partial charge is 0.398 e. The Morgan fingerprint density at radius 3 is 2.33 bits per heavy atom. The van der Waals surface area contributed by atoms with E-state index in [1.165, 1.54) is 22.8 Å². The second kappa shape index (κ2) is 8.31. The van der Waals surface area contributed by atoms with Gasteiger partial charge in [-0.3, -0.25) is 4.98 Å². The highest BCUT2D eigenvalue weighted by molar-refractivity contribution is 7.89. The molecule has 2 N–H and O–H groups in total. The zero-order valence-electron chi connectivity index (χ0n) is 13.1. The molecule has 0 aliphatic heterocycles. The minimum atomic E-state index is -3.57. The van der Waals surface area contributed by atoms with Crippen molar-refractivity contribution in [1.82, 2.24) is 14.2 Å². The predicted octanol–water partition coefficient (Wildman–Crippen LogP) is 1.41. The molecule has 0 spiro atoms. The number of rotatable bonds is 9. The Balaban J connectivity index is 2.77. The first-order chi connectivity index (χ1) is 9.97. The van der Waals surface area contributed by atoms with Crippen LogP contribution in [0.5, 0.6) is 0 Å². The second-order valence-electron chi connectivity index (χ2n) is 4.79. The van der Waals surface area contributed by atoms with E-state index in [0.29, 0.717) is 13.1 Å². The van der Waals surface area contributed by atoms with Crippen LogP contribution in [0.15, 0.2) is 23.4 Å². The van der Waals surface area contributed by atoms with Crippen LogP contribution in [0.3, 0.4) is 0 Å². The van der Waals surface area contributed by atoms with Gasteiger partial charge in [0, 0.05) is 25.5 Å². The number of pyridine rings is 1. The molecule has 0 aliphatic carbocycles. The Labute approximate surface area is 128 Å². The molecule has 0 saturated heterocycles. The lowest BCUT2D eigenvalue weighted by atomic mass is 10.3. The zero-order chi connectivity index (χ0) is 15.9. The van der Waals surface area contributed by atoms with E-state index in [0.717, 1.165) is 26.1 Å². The molecular weight excluding hydrogens is 288 g/mol. The number of anilines is 1. The third kappa shape index (κ3) is 4.66. The van der Waals surface area contributed by atoms with Crippen LogP contribution >= 0.6 is 0 Å². The van der Waals surface area contributed by atoms with Crippen LogP contribution in [0.2, 0.25) is 0 Å². The lowest BCUT2D eigenvalue weighted by molar-refractivity contribution is 0.285. The first kappa shape index (κ1) is 17.9. The van der Waals surface area contributed by atoms with Crippen molar-refractivity contribution in [3.8, 4) is 0 Å². The summed E-state index contributed by atoms with van der Waals surface area (Å²) in [5.74, 6) is 0. The molecule has 1 heterocycles. The maximum absolute atomic E-state index is 12.6. The minimum absolute atomic E-state index is 0.0923. The SMILES string of the molecule is CCN(CC)CCCN(CC)S(=O)(=O)c1cnccc1N. The molecule has 0 unspecified atom stereocenters. The van der Waals surface area contributed by atoms with Gasteiger partial charge in [0.15, 0.2) is 0 Å². The van der Waals surface area contributed by atoms with Crippen LogP contribution in [0.25, 0.3) is 0 Å². The Kier molecular flexibility index (Phi) is 7.07. The molecule has 0 saturated carbocycles. The molecule has 1 rings (SSSR count). The molecular formula is C14H26N4O2S. The Hall–Kier alpha value is -1.18. The van der Waals surface area contributed by atoms with E-state index < -0.39 is 10.0 Å². The normalized spacial score (nSPS) is 12.2. The Morgan fingerprint density at radius 1 is 1.14 bits per heavy atom. The van der Waals surface area contributed by atoms with Gasteiger partial charge in [-0.05, 0) is 32.1 Å². The number of nitrogen functional groups attached to an aromatic ring is 1. The van der Waals surface area contributed by atoms with Crippen LogP contribution in [0, 0.1) is 0 Å². The lowest BCUT2D eigenvalue weighted by Crippen LogP contribution is -2.34. The monoisotopic (exact) mass is 314 g/mol. The summed E-state index contributed by atoms with van der Waals surface area (Å²) in [5, 5.41) is 0. The molecule has 7 heteroatoms. The fraction of sp³-hybridized carbons (Fsp3) is 0.643. The van der Waals surface area contributed by atoms with Gasteiger partial charge in [-0.15, -0.1) is 0 Å². The lowest BCUT2D eigenvalue weighted by Gasteiger charge is -2.23. The maximum Gasteiger partial charge on any atom is 0.246 e. The molecule has 0 fully saturated rings. The molecule has 0 amide bonds. The van der Waals surface area contributed by atoms with Crippen molar-refractivity contribution in [1.29, 1.82) is 0 Å². The summed E-state index contributed by atoms with van der Waals surface area (Å²) in [6, 6.07) is 1.51. The van der Waals surface area contributed by atoms with E-state index in [-0.39, 0.29) is 10.6 Å². The third-order valence-corrected chi connectivity index (χ3v) is 5.58. The fourth-order valence-electron chi connectivity index (χ4n) is 2.20. The quantitative estimate of drug-likeness (QED) is 0.745. The number of sulfonamides is 1. The van der Waals surface area contributed by atoms with Gasteiger partial charge in [0.25, 0.3) is 0 Å². The Morgan fingerprint density at radius 2 is 1.81 bits per heavy atom. The van der Waals surface area contributed by atoms with Crippen molar-refractivity contribution >= 4 is 15.7 Å². The summed E-state index contributed by atoms with van der Waals surface area (Å²) in [5.41, 5.74) is 6.01. The van der Waals surface area contributed by atoms with Crippen molar-refractivity contribution in [3.05, 3.63) is 18.5 Å². The fourth-order valence-corrected chi connectivity index (χ4v) is 3.75. The standard InChI is InChI=1S/C14H26N4O2S/c1-4-17(5-2)10-7-11-18(6-3)21(19,20)14-12-16-9-8-13(14)15/h8-9,12H,4-7,10-11H2,1-3H3,(H2,15,16). The number of nitrogens with two attached hydrogens (primary N) is 1. The summed E-state index contributed by atoms with van der Waals surface area (Å²) in [7, 11) is -3.57. The summed E-state index contributed by atoms with van der Waals surface area (Å²) < 4.78 is 26.6. The summed E-state index contributed by atoms with van der Waals surface area (Å²) in [6.07, 6.45) is 3.61. The number of nitrogens with zero attached hydrogens (tertiary/aromatic N) is 3. The average Bonchev–Trinajstić information content (AvgIpc) is 2.47. The van der Waals surface area contributed by atoms with Gasteiger partial charge in [0.2, 0.25) is 10.0 Å². The van der Waals surface area contributed by atoms with E-state index in [1.54, 1.807) is 0 Å². The van der Waals surface area contributed by atoms with Gasteiger partial charge >= 0.3 is 0 Å². The summed E-state index contributed by atoms with van der Waals surface area (Å²) in [6.45, 7) is 9.81. The molecule has 6 nitrogen and oxygen atoms in total. The molecule has 0 radical (unpaired) electrons. The Bertz CT molecular complexity index is 530. The van der Waals surface area contributed by atoms with Crippen LogP contribution in [0.1, 0.15) is 27.2 Å². The van der Waals surface area contributed by atoms with Gasteiger partial charge in [-0.2, -0.15) is 4.31 Å². The summed E-state index contributed by atoms with van der Waals surface area (Å²) >= 11 is 0. The topological polar surface area (TPSA) is 79.5 Å². The van der Waals surface area contributed by atoms with Crippen molar-refractivity contribution in [3.63, 3.8) is 0 Å². The number of aromatic nitrogens is 1. The molecule has 0 atom stereocenters. The average molecular weight is 314 g/mol. The number of hydrogen-bond acceptors (Lipinski definition) is 5. The van der Waals surface area contributed by atoms with E-state index in [9.17, 15) is 8.42 Å². The van der Waals surface area contributed by atoms with E-state index in [1.807, 2.05) is 6.92 Å².